The molecule has 2 rings (SSSR count). The Morgan fingerprint density at radius 3 is 2.76 bits per heavy atom. The molecule has 25 heavy (non-hydrogen) atoms. The van der Waals surface area contributed by atoms with E-state index >= 15 is 0 Å². The van der Waals surface area contributed by atoms with Crippen LogP contribution < -0.4 is 15.4 Å². The zero-order valence-corrected chi connectivity index (χ0v) is 16.2. The van der Waals surface area contributed by atoms with Gasteiger partial charge in [0, 0.05) is 12.6 Å². The van der Waals surface area contributed by atoms with Crippen molar-refractivity contribution in [1.82, 2.24) is 10.6 Å². The van der Waals surface area contributed by atoms with Crippen molar-refractivity contribution in [1.29, 1.82) is 0 Å². The number of hydrogen-bond donors (Lipinski definition) is 2. The molecule has 2 unspecified atom stereocenters. The van der Waals surface area contributed by atoms with Crippen molar-refractivity contribution >= 4 is 27.4 Å². The van der Waals surface area contributed by atoms with E-state index in [0.29, 0.717) is 36.2 Å². The zero-order chi connectivity index (χ0) is 18.3. The van der Waals surface area contributed by atoms with Crippen LogP contribution in [0.3, 0.4) is 0 Å². The average molecular weight is 388 g/mol. The molecule has 1 saturated heterocycles. The van der Waals surface area contributed by atoms with E-state index in [1.807, 2.05) is 32.0 Å². The Morgan fingerprint density at radius 2 is 2.16 bits per heavy atom. The number of nitrogens with one attached hydrogen (secondary N) is 2. The van der Waals surface area contributed by atoms with E-state index in [0.717, 1.165) is 6.42 Å². The number of nitrogens with zero attached hydrogens (tertiary/aromatic N) is 1. The van der Waals surface area contributed by atoms with Crippen LogP contribution in [0.2, 0.25) is 5.02 Å². The summed E-state index contributed by atoms with van der Waals surface area (Å²) >= 11 is 6.14. The molecular formula is C17H26ClN3O3S. The highest BCUT2D eigenvalue weighted by Gasteiger charge is 2.28. The first kappa shape index (κ1) is 19.8. The Morgan fingerprint density at radius 1 is 1.40 bits per heavy atom. The molecule has 0 bridgehead atoms. The van der Waals surface area contributed by atoms with Gasteiger partial charge in [0.15, 0.2) is 15.8 Å². The number of rotatable bonds is 7. The predicted octanol–water partition coefficient (Wildman–Crippen LogP) is 2.24. The van der Waals surface area contributed by atoms with E-state index in [1.54, 1.807) is 6.07 Å². The molecule has 8 heteroatoms. The van der Waals surface area contributed by atoms with E-state index in [4.69, 9.17) is 16.3 Å². The van der Waals surface area contributed by atoms with Crippen LogP contribution in [0.15, 0.2) is 29.3 Å². The largest absolute Gasteiger partial charge is 0.487 e. The van der Waals surface area contributed by atoms with E-state index in [9.17, 15) is 8.42 Å². The number of aliphatic imine (C=N–C) groups is 1. The summed E-state index contributed by atoms with van der Waals surface area (Å²) in [6.07, 6.45) is 1.29. The summed E-state index contributed by atoms with van der Waals surface area (Å²) in [5.41, 5.74) is 0. The van der Waals surface area contributed by atoms with Crippen molar-refractivity contribution < 1.29 is 13.2 Å². The lowest BCUT2D eigenvalue weighted by molar-refractivity contribution is 0.205. The molecule has 1 aromatic carbocycles. The van der Waals surface area contributed by atoms with E-state index in [-0.39, 0.29) is 23.7 Å². The Hall–Kier alpha value is -1.47. The maximum Gasteiger partial charge on any atom is 0.191 e. The summed E-state index contributed by atoms with van der Waals surface area (Å²) in [4.78, 5) is 4.55. The third kappa shape index (κ3) is 6.40. The maximum absolute atomic E-state index is 11.6. The molecule has 1 heterocycles. The molecule has 0 aliphatic carbocycles. The van der Waals surface area contributed by atoms with Crippen LogP contribution in [0.1, 0.15) is 26.7 Å². The van der Waals surface area contributed by atoms with Crippen LogP contribution in [0.4, 0.5) is 0 Å². The van der Waals surface area contributed by atoms with Crippen molar-refractivity contribution in [3.63, 3.8) is 0 Å². The van der Waals surface area contributed by atoms with Gasteiger partial charge in [-0.2, -0.15) is 0 Å². The molecule has 2 atom stereocenters. The van der Waals surface area contributed by atoms with Crippen molar-refractivity contribution in [3.05, 3.63) is 29.3 Å². The van der Waals surface area contributed by atoms with Crippen LogP contribution in [-0.4, -0.2) is 51.1 Å². The minimum Gasteiger partial charge on any atom is -0.487 e. The molecule has 2 N–H and O–H groups in total. The minimum absolute atomic E-state index is 0.0904. The Kier molecular flexibility index (Phi) is 7.38. The number of hydrogen-bond acceptors (Lipinski definition) is 4. The van der Waals surface area contributed by atoms with Crippen molar-refractivity contribution in [2.45, 2.75) is 38.8 Å². The van der Waals surface area contributed by atoms with Gasteiger partial charge in [-0.05, 0) is 31.9 Å². The first-order valence-corrected chi connectivity index (χ1v) is 10.8. The van der Waals surface area contributed by atoms with Gasteiger partial charge in [0.05, 0.1) is 23.1 Å². The normalized spacial score (nSPS) is 20.9. The zero-order valence-electron chi connectivity index (χ0n) is 14.7. The smallest absolute Gasteiger partial charge is 0.191 e. The third-order valence-electron chi connectivity index (χ3n) is 3.96. The summed E-state index contributed by atoms with van der Waals surface area (Å²) in [6.45, 7) is 5.16. The molecule has 0 saturated carbocycles. The fraction of sp³-hybridized carbons (Fsp3) is 0.588. The van der Waals surface area contributed by atoms with Gasteiger partial charge in [0.25, 0.3) is 0 Å². The number of ether oxygens (including phenoxy) is 1. The molecule has 0 radical (unpaired) electrons. The summed E-state index contributed by atoms with van der Waals surface area (Å²) in [5.74, 6) is 1.65. The lowest BCUT2D eigenvalue weighted by atomic mass is 10.2. The second kappa shape index (κ2) is 9.29. The average Bonchev–Trinajstić information content (AvgIpc) is 2.91. The topological polar surface area (TPSA) is 79.8 Å². The first-order chi connectivity index (χ1) is 11.9. The Bertz CT molecular complexity index is 694. The number of benzene rings is 1. The van der Waals surface area contributed by atoms with Gasteiger partial charge in [0.2, 0.25) is 0 Å². The number of halogens is 1. The lowest BCUT2D eigenvalue weighted by Gasteiger charge is -2.19. The van der Waals surface area contributed by atoms with E-state index in [1.165, 1.54) is 0 Å². The SMILES string of the molecule is CCNC(=NCC(CC)Oc1ccccc1Cl)NC1CCS(=O)(=O)C1. The van der Waals surface area contributed by atoms with Gasteiger partial charge in [-0.1, -0.05) is 30.7 Å². The highest BCUT2D eigenvalue weighted by molar-refractivity contribution is 7.91. The summed E-state index contributed by atoms with van der Waals surface area (Å²) in [6, 6.07) is 7.27. The molecule has 1 fully saturated rings. The highest BCUT2D eigenvalue weighted by atomic mass is 35.5. The summed E-state index contributed by atoms with van der Waals surface area (Å²) in [7, 11) is -2.92. The van der Waals surface area contributed by atoms with Crippen LogP contribution in [0.25, 0.3) is 0 Å². The van der Waals surface area contributed by atoms with E-state index < -0.39 is 9.84 Å². The van der Waals surface area contributed by atoms with Gasteiger partial charge >= 0.3 is 0 Å². The van der Waals surface area contributed by atoms with Crippen LogP contribution in [-0.2, 0) is 9.84 Å². The quantitative estimate of drug-likeness (QED) is 0.554. The van der Waals surface area contributed by atoms with Gasteiger partial charge in [-0.15, -0.1) is 0 Å². The second-order valence-electron chi connectivity index (χ2n) is 6.04. The molecule has 0 amide bonds. The van der Waals surface area contributed by atoms with Crippen molar-refractivity contribution in [2.24, 2.45) is 4.99 Å². The summed E-state index contributed by atoms with van der Waals surface area (Å²) in [5, 5.41) is 6.93. The molecule has 0 spiro atoms. The minimum atomic E-state index is -2.92. The Labute approximate surface area is 154 Å². The number of sulfone groups is 1. The fourth-order valence-electron chi connectivity index (χ4n) is 2.58. The van der Waals surface area contributed by atoms with Gasteiger partial charge in [0.1, 0.15) is 11.9 Å². The predicted molar refractivity (Wildman–Crippen MR) is 102 cm³/mol. The molecule has 1 aromatic rings. The molecule has 6 nitrogen and oxygen atoms in total. The molecule has 140 valence electrons. The molecule has 1 aliphatic rings. The van der Waals surface area contributed by atoms with Crippen molar-refractivity contribution in [2.75, 3.05) is 24.6 Å². The van der Waals surface area contributed by atoms with Crippen LogP contribution >= 0.6 is 11.6 Å². The molecule has 0 aromatic heterocycles. The summed E-state index contributed by atoms with van der Waals surface area (Å²) < 4.78 is 29.1. The highest BCUT2D eigenvalue weighted by Crippen LogP contribution is 2.24. The van der Waals surface area contributed by atoms with E-state index in [2.05, 4.69) is 15.6 Å². The van der Waals surface area contributed by atoms with Gasteiger partial charge < -0.3 is 15.4 Å². The molecule has 1 aliphatic heterocycles. The Balaban J connectivity index is 1.97. The van der Waals surface area contributed by atoms with Gasteiger partial charge in [-0.3, -0.25) is 0 Å². The van der Waals surface area contributed by atoms with Crippen LogP contribution in [0.5, 0.6) is 5.75 Å². The number of para-hydroxylation sites is 1. The maximum atomic E-state index is 11.6. The second-order valence-corrected chi connectivity index (χ2v) is 8.68. The van der Waals surface area contributed by atoms with Crippen LogP contribution in [0, 0.1) is 0 Å². The van der Waals surface area contributed by atoms with Gasteiger partial charge in [-0.25, -0.2) is 13.4 Å². The fourth-order valence-corrected chi connectivity index (χ4v) is 4.44. The molecular weight excluding hydrogens is 362 g/mol. The first-order valence-electron chi connectivity index (χ1n) is 8.60. The van der Waals surface area contributed by atoms with Crippen molar-refractivity contribution in [3.8, 4) is 5.75 Å². The third-order valence-corrected chi connectivity index (χ3v) is 6.04. The standard InChI is InChI=1S/C17H26ClN3O3S/c1-3-14(24-16-8-6-5-7-15(16)18)11-20-17(19-4-2)21-13-9-10-25(22,23)12-13/h5-8,13-14H,3-4,9-12H2,1-2H3,(H2,19,20,21). The number of guanidine groups is 1. The lowest BCUT2D eigenvalue weighted by Crippen LogP contribution is -2.44. The monoisotopic (exact) mass is 387 g/mol.